The standard InChI is InChI=1S/C16H26N2OS2/c1-4-13-16(19)18(10-6-5-7-11-20-3)15(17-13)14-9-8-12(2)21-14/h8-9,13,15,17H,4-7,10-11H2,1-3H3. The van der Waals surface area contributed by atoms with Crippen molar-refractivity contribution in [1.82, 2.24) is 10.2 Å². The summed E-state index contributed by atoms with van der Waals surface area (Å²) in [5, 5.41) is 3.50. The van der Waals surface area contributed by atoms with Gasteiger partial charge in [-0.2, -0.15) is 11.8 Å². The van der Waals surface area contributed by atoms with Crippen molar-refractivity contribution in [2.24, 2.45) is 0 Å². The number of nitrogens with one attached hydrogen (secondary N) is 1. The van der Waals surface area contributed by atoms with Crippen molar-refractivity contribution >= 4 is 29.0 Å². The number of hydrogen-bond donors (Lipinski definition) is 1. The van der Waals surface area contributed by atoms with E-state index in [1.807, 2.05) is 11.8 Å². The highest BCUT2D eigenvalue weighted by atomic mass is 32.2. The van der Waals surface area contributed by atoms with E-state index >= 15 is 0 Å². The zero-order valence-corrected chi connectivity index (χ0v) is 14.9. The smallest absolute Gasteiger partial charge is 0.241 e. The number of nitrogens with zero attached hydrogens (tertiary/aromatic N) is 1. The molecule has 0 bridgehead atoms. The Labute approximate surface area is 136 Å². The Hall–Kier alpha value is -0.520. The third-order valence-electron chi connectivity index (χ3n) is 3.94. The van der Waals surface area contributed by atoms with Crippen molar-refractivity contribution in [2.75, 3.05) is 18.6 Å². The fourth-order valence-electron chi connectivity index (χ4n) is 2.75. The summed E-state index contributed by atoms with van der Waals surface area (Å²) >= 11 is 3.69. The lowest BCUT2D eigenvalue weighted by Crippen LogP contribution is -2.31. The molecular formula is C16H26N2OS2. The molecule has 118 valence electrons. The fourth-order valence-corrected chi connectivity index (χ4v) is 4.20. The molecule has 2 atom stereocenters. The highest BCUT2D eigenvalue weighted by molar-refractivity contribution is 7.98. The van der Waals surface area contributed by atoms with E-state index in [9.17, 15) is 4.79 Å². The van der Waals surface area contributed by atoms with E-state index in [0.29, 0.717) is 0 Å². The monoisotopic (exact) mass is 326 g/mol. The van der Waals surface area contributed by atoms with Crippen LogP contribution in [0.25, 0.3) is 0 Å². The Kier molecular flexibility index (Phi) is 6.58. The maximum atomic E-state index is 12.5. The second-order valence-corrected chi connectivity index (χ2v) is 7.87. The zero-order chi connectivity index (χ0) is 15.2. The maximum absolute atomic E-state index is 12.5. The number of hydrogen-bond acceptors (Lipinski definition) is 4. The third kappa shape index (κ3) is 4.24. The van der Waals surface area contributed by atoms with Crippen molar-refractivity contribution in [3.8, 4) is 0 Å². The number of carbonyl (C=O) groups excluding carboxylic acids is 1. The molecule has 21 heavy (non-hydrogen) atoms. The summed E-state index contributed by atoms with van der Waals surface area (Å²) < 4.78 is 0. The highest BCUT2D eigenvalue weighted by Gasteiger charge is 2.38. The first kappa shape index (κ1) is 16.8. The summed E-state index contributed by atoms with van der Waals surface area (Å²) in [6.07, 6.45) is 6.65. The van der Waals surface area contributed by atoms with E-state index < -0.39 is 0 Å². The van der Waals surface area contributed by atoms with Gasteiger partial charge in [-0.1, -0.05) is 13.3 Å². The molecule has 1 N–H and O–H groups in total. The normalized spacial score (nSPS) is 22.2. The Morgan fingerprint density at radius 3 is 2.76 bits per heavy atom. The molecule has 5 heteroatoms. The maximum Gasteiger partial charge on any atom is 0.241 e. The van der Waals surface area contributed by atoms with Crippen LogP contribution in [0.4, 0.5) is 0 Å². The van der Waals surface area contributed by atoms with Crippen molar-refractivity contribution in [3.63, 3.8) is 0 Å². The first-order valence-corrected chi connectivity index (χ1v) is 10.00. The van der Waals surface area contributed by atoms with Crippen LogP contribution in [0.3, 0.4) is 0 Å². The molecule has 3 nitrogen and oxygen atoms in total. The average Bonchev–Trinajstić information content (AvgIpc) is 3.03. The van der Waals surface area contributed by atoms with Gasteiger partial charge in [-0.15, -0.1) is 11.3 Å². The number of unbranched alkanes of at least 4 members (excludes halogenated alkanes) is 2. The number of amides is 1. The number of thiophene rings is 1. The Morgan fingerprint density at radius 2 is 2.14 bits per heavy atom. The lowest BCUT2D eigenvalue weighted by molar-refractivity contribution is -0.130. The number of thioether (sulfide) groups is 1. The van der Waals surface area contributed by atoms with Crippen LogP contribution < -0.4 is 5.32 Å². The van der Waals surface area contributed by atoms with E-state index in [2.05, 4.69) is 42.5 Å². The molecular weight excluding hydrogens is 300 g/mol. The lowest BCUT2D eigenvalue weighted by Gasteiger charge is -2.23. The zero-order valence-electron chi connectivity index (χ0n) is 13.2. The summed E-state index contributed by atoms with van der Waals surface area (Å²) in [7, 11) is 0. The third-order valence-corrected chi connectivity index (χ3v) is 5.69. The summed E-state index contributed by atoms with van der Waals surface area (Å²) in [5.41, 5.74) is 0. The van der Waals surface area contributed by atoms with Gasteiger partial charge in [0.15, 0.2) is 0 Å². The van der Waals surface area contributed by atoms with Crippen LogP contribution in [0.5, 0.6) is 0 Å². The molecule has 1 aliphatic heterocycles. The summed E-state index contributed by atoms with van der Waals surface area (Å²) in [4.78, 5) is 17.1. The van der Waals surface area contributed by atoms with Crippen LogP contribution >= 0.6 is 23.1 Å². The van der Waals surface area contributed by atoms with Crippen LogP contribution in [0, 0.1) is 6.92 Å². The highest BCUT2D eigenvalue weighted by Crippen LogP contribution is 2.31. The summed E-state index contributed by atoms with van der Waals surface area (Å²) in [6.45, 7) is 5.07. The van der Waals surface area contributed by atoms with E-state index in [1.165, 1.54) is 28.3 Å². The van der Waals surface area contributed by atoms with Crippen LogP contribution in [0.2, 0.25) is 0 Å². The van der Waals surface area contributed by atoms with Gasteiger partial charge in [0.1, 0.15) is 6.17 Å². The van der Waals surface area contributed by atoms with E-state index in [4.69, 9.17) is 0 Å². The molecule has 2 rings (SSSR count). The minimum Gasteiger partial charge on any atom is -0.321 e. The minimum absolute atomic E-state index is 0.0106. The predicted molar refractivity (Wildman–Crippen MR) is 93.0 cm³/mol. The van der Waals surface area contributed by atoms with Crippen molar-refractivity contribution in [2.45, 2.75) is 51.7 Å². The quantitative estimate of drug-likeness (QED) is 0.738. The second kappa shape index (κ2) is 8.20. The van der Waals surface area contributed by atoms with Crippen LogP contribution in [-0.2, 0) is 4.79 Å². The molecule has 2 unspecified atom stereocenters. The van der Waals surface area contributed by atoms with E-state index in [1.54, 1.807) is 11.3 Å². The first-order valence-electron chi connectivity index (χ1n) is 7.79. The van der Waals surface area contributed by atoms with Crippen LogP contribution in [0.1, 0.15) is 48.5 Å². The fraction of sp³-hybridized carbons (Fsp3) is 0.688. The molecule has 1 aromatic rings. The van der Waals surface area contributed by atoms with Gasteiger partial charge in [-0.25, -0.2) is 0 Å². The Balaban J connectivity index is 1.98. The van der Waals surface area contributed by atoms with Gasteiger partial charge in [-0.3, -0.25) is 10.1 Å². The van der Waals surface area contributed by atoms with Gasteiger partial charge in [0.05, 0.1) is 6.04 Å². The SMILES string of the molecule is CCC1NC(c2ccc(C)s2)N(CCCCCSC)C1=O. The van der Waals surface area contributed by atoms with Gasteiger partial charge in [-0.05, 0) is 50.3 Å². The van der Waals surface area contributed by atoms with Gasteiger partial charge in [0.25, 0.3) is 0 Å². The van der Waals surface area contributed by atoms with Crippen LogP contribution in [0.15, 0.2) is 12.1 Å². The van der Waals surface area contributed by atoms with Gasteiger partial charge in [0, 0.05) is 16.3 Å². The average molecular weight is 327 g/mol. The molecule has 2 heterocycles. The van der Waals surface area contributed by atoms with Crippen molar-refractivity contribution in [1.29, 1.82) is 0 Å². The first-order chi connectivity index (χ1) is 10.2. The number of rotatable bonds is 8. The topological polar surface area (TPSA) is 32.3 Å². The van der Waals surface area contributed by atoms with Gasteiger partial charge in [0.2, 0.25) is 5.91 Å². The van der Waals surface area contributed by atoms with Gasteiger partial charge < -0.3 is 4.90 Å². The molecule has 1 aliphatic rings. The summed E-state index contributed by atoms with van der Waals surface area (Å²) in [6, 6.07) is 4.29. The molecule has 1 amide bonds. The minimum atomic E-state index is -0.0106. The van der Waals surface area contributed by atoms with Crippen LogP contribution in [-0.4, -0.2) is 35.4 Å². The van der Waals surface area contributed by atoms with Crippen molar-refractivity contribution < 1.29 is 4.79 Å². The number of aryl methyl sites for hydroxylation is 1. The summed E-state index contributed by atoms with van der Waals surface area (Å²) in [5.74, 6) is 1.50. The molecule has 0 radical (unpaired) electrons. The largest absolute Gasteiger partial charge is 0.321 e. The molecule has 0 spiro atoms. The second-order valence-electron chi connectivity index (χ2n) is 5.56. The molecule has 0 saturated carbocycles. The molecule has 1 fully saturated rings. The predicted octanol–water partition coefficient (Wildman–Crippen LogP) is 3.80. The van der Waals surface area contributed by atoms with Crippen molar-refractivity contribution in [3.05, 3.63) is 21.9 Å². The van der Waals surface area contributed by atoms with E-state index in [0.717, 1.165) is 19.4 Å². The molecule has 1 aromatic heterocycles. The lowest BCUT2D eigenvalue weighted by atomic mass is 10.2. The molecule has 0 aliphatic carbocycles. The molecule has 1 saturated heterocycles. The Morgan fingerprint density at radius 1 is 1.33 bits per heavy atom. The molecule has 0 aromatic carbocycles. The van der Waals surface area contributed by atoms with Gasteiger partial charge >= 0.3 is 0 Å². The number of carbonyl (C=O) groups is 1. The van der Waals surface area contributed by atoms with E-state index in [-0.39, 0.29) is 18.1 Å². The Bertz CT molecular complexity index is 461.